The van der Waals surface area contributed by atoms with Crippen molar-refractivity contribution in [3.05, 3.63) is 66.2 Å². The molecule has 0 bridgehead atoms. The highest BCUT2D eigenvalue weighted by Crippen LogP contribution is 2.29. The van der Waals surface area contributed by atoms with E-state index in [2.05, 4.69) is 20.7 Å². The van der Waals surface area contributed by atoms with Gasteiger partial charge >= 0.3 is 24.0 Å². The van der Waals surface area contributed by atoms with Gasteiger partial charge in [-0.3, -0.25) is 14.6 Å². The van der Waals surface area contributed by atoms with Crippen molar-refractivity contribution in [3.63, 3.8) is 0 Å². The monoisotopic (exact) mass is 500 g/mol. The number of nitrogens with two attached hydrogens (primary N) is 1. The highest BCUT2D eigenvalue weighted by molar-refractivity contribution is 6.43. The van der Waals surface area contributed by atoms with E-state index in [9.17, 15) is 31.5 Å². The number of benzene rings is 1. The summed E-state index contributed by atoms with van der Waals surface area (Å²) in [5.74, 6) is -4.86. The second-order valence-electron chi connectivity index (χ2n) is 6.47. The zero-order valence-corrected chi connectivity index (χ0v) is 17.5. The van der Waals surface area contributed by atoms with Gasteiger partial charge in [0.15, 0.2) is 0 Å². The fourth-order valence-corrected chi connectivity index (χ4v) is 2.45. The molecule has 3 aromatic rings. The molecule has 0 saturated carbocycles. The SMILES string of the molecule is NCc1ccc(NC(=O)C(=O)Nc2cnn(-c3ccncc3)c2C(F)F)cc1.O=C(O)C(F)(F)F. The van der Waals surface area contributed by atoms with Crippen LogP contribution in [0.1, 0.15) is 17.7 Å². The first-order valence-electron chi connectivity index (χ1n) is 9.42. The summed E-state index contributed by atoms with van der Waals surface area (Å²) in [6.07, 6.45) is -4.11. The predicted octanol–water partition coefficient (Wildman–Crippen LogP) is 2.87. The molecule has 0 aliphatic heterocycles. The first-order chi connectivity index (χ1) is 16.4. The lowest BCUT2D eigenvalue weighted by atomic mass is 10.2. The zero-order chi connectivity index (χ0) is 26.2. The zero-order valence-electron chi connectivity index (χ0n) is 17.5. The van der Waals surface area contributed by atoms with Gasteiger partial charge in [0, 0.05) is 24.6 Å². The van der Waals surface area contributed by atoms with Crippen molar-refractivity contribution in [2.45, 2.75) is 19.1 Å². The number of aliphatic carboxylic acids is 1. The van der Waals surface area contributed by atoms with Crippen LogP contribution in [0.15, 0.2) is 55.0 Å². The lowest BCUT2D eigenvalue weighted by Gasteiger charge is -2.10. The summed E-state index contributed by atoms with van der Waals surface area (Å²) in [7, 11) is 0. The Bertz CT molecular complexity index is 1170. The van der Waals surface area contributed by atoms with Gasteiger partial charge in [0.05, 0.1) is 17.6 Å². The highest BCUT2D eigenvalue weighted by atomic mass is 19.4. The number of nitrogens with zero attached hydrogens (tertiary/aromatic N) is 3. The topological polar surface area (TPSA) is 152 Å². The van der Waals surface area contributed by atoms with Crippen LogP contribution in [-0.4, -0.2) is 43.8 Å². The molecule has 10 nitrogen and oxygen atoms in total. The third-order valence-corrected chi connectivity index (χ3v) is 4.06. The number of carbonyl (C=O) groups excluding carboxylic acids is 2. The summed E-state index contributed by atoms with van der Waals surface area (Å²) in [5.41, 5.74) is 6.26. The first kappa shape index (κ1) is 26.8. The predicted molar refractivity (Wildman–Crippen MR) is 112 cm³/mol. The quantitative estimate of drug-likeness (QED) is 0.311. The molecule has 0 fully saturated rings. The van der Waals surface area contributed by atoms with Gasteiger partial charge in [-0.15, -0.1) is 0 Å². The molecule has 35 heavy (non-hydrogen) atoms. The summed E-state index contributed by atoms with van der Waals surface area (Å²) in [5, 5.41) is 15.6. The van der Waals surface area contributed by atoms with E-state index in [0.29, 0.717) is 17.9 Å². The fraction of sp³-hybridized carbons (Fsp3) is 0.150. The number of amides is 2. The number of carboxylic acids is 1. The number of nitrogens with one attached hydrogen (secondary N) is 2. The van der Waals surface area contributed by atoms with E-state index < -0.39 is 36.1 Å². The molecule has 2 aromatic heterocycles. The number of rotatable bonds is 5. The lowest BCUT2D eigenvalue weighted by molar-refractivity contribution is -0.192. The Hall–Kier alpha value is -4.40. The summed E-state index contributed by atoms with van der Waals surface area (Å²) in [6.45, 7) is 0.340. The standard InChI is InChI=1S/C18H16F2N6O2.C2HF3O2/c19-16(20)15-14(10-23-26(15)13-5-7-22-8-6-13)25-18(28)17(27)24-12-3-1-11(9-21)2-4-12;3-2(4,5)1(6)7/h1-8,10,16H,9,21H2,(H,24,27)(H,25,28);(H,6,7). The van der Waals surface area contributed by atoms with Crippen LogP contribution in [-0.2, 0) is 20.9 Å². The van der Waals surface area contributed by atoms with Crippen LogP contribution in [0.4, 0.5) is 33.3 Å². The van der Waals surface area contributed by atoms with Gasteiger partial charge in [0.1, 0.15) is 5.69 Å². The van der Waals surface area contributed by atoms with Crippen LogP contribution in [0.3, 0.4) is 0 Å². The lowest BCUT2D eigenvalue weighted by Crippen LogP contribution is -2.29. The van der Waals surface area contributed by atoms with Gasteiger partial charge in [0.2, 0.25) is 0 Å². The Balaban J connectivity index is 0.000000540. The Morgan fingerprint density at radius 2 is 1.54 bits per heavy atom. The summed E-state index contributed by atoms with van der Waals surface area (Å²) >= 11 is 0. The van der Waals surface area contributed by atoms with Gasteiger partial charge in [-0.2, -0.15) is 18.3 Å². The number of alkyl halides is 5. The molecule has 5 N–H and O–H groups in total. The van der Waals surface area contributed by atoms with Crippen LogP contribution < -0.4 is 16.4 Å². The molecule has 2 amide bonds. The fourth-order valence-electron chi connectivity index (χ4n) is 2.45. The van der Waals surface area contributed by atoms with Gasteiger partial charge in [-0.25, -0.2) is 18.3 Å². The molecule has 0 unspecified atom stereocenters. The molecule has 0 aliphatic carbocycles. The minimum absolute atomic E-state index is 0.259. The minimum Gasteiger partial charge on any atom is -0.475 e. The van der Waals surface area contributed by atoms with Crippen molar-refractivity contribution in [2.75, 3.05) is 10.6 Å². The maximum Gasteiger partial charge on any atom is 0.490 e. The van der Waals surface area contributed by atoms with Gasteiger partial charge in [-0.1, -0.05) is 12.1 Å². The van der Waals surface area contributed by atoms with Crippen LogP contribution in [0.25, 0.3) is 5.69 Å². The van der Waals surface area contributed by atoms with Gasteiger partial charge < -0.3 is 21.5 Å². The number of hydrogen-bond acceptors (Lipinski definition) is 6. The molecule has 0 atom stereocenters. The van der Waals surface area contributed by atoms with Crippen LogP contribution in [0.2, 0.25) is 0 Å². The van der Waals surface area contributed by atoms with Crippen LogP contribution in [0.5, 0.6) is 0 Å². The third kappa shape index (κ3) is 7.56. The molecule has 0 saturated heterocycles. The van der Waals surface area contributed by atoms with E-state index in [-0.39, 0.29) is 5.69 Å². The van der Waals surface area contributed by atoms with Crippen molar-refractivity contribution in [2.24, 2.45) is 5.73 Å². The molecule has 186 valence electrons. The molecular formula is C20H17F5N6O4. The number of halogens is 5. The maximum absolute atomic E-state index is 13.5. The summed E-state index contributed by atoms with van der Waals surface area (Å²) < 4.78 is 59.8. The van der Waals surface area contributed by atoms with E-state index in [0.717, 1.165) is 16.4 Å². The number of carboxylic acid groups (broad SMARTS) is 1. The molecule has 2 heterocycles. The number of pyridine rings is 1. The van der Waals surface area contributed by atoms with Gasteiger partial charge in [-0.05, 0) is 29.8 Å². The summed E-state index contributed by atoms with van der Waals surface area (Å²) in [4.78, 5) is 36.9. The molecule has 0 aliphatic rings. The van der Waals surface area contributed by atoms with E-state index in [1.807, 2.05) is 0 Å². The minimum atomic E-state index is -5.08. The summed E-state index contributed by atoms with van der Waals surface area (Å²) in [6, 6.07) is 9.53. The van der Waals surface area contributed by atoms with Crippen molar-refractivity contribution in [1.82, 2.24) is 14.8 Å². The van der Waals surface area contributed by atoms with E-state index >= 15 is 0 Å². The normalized spacial score (nSPS) is 10.8. The molecular weight excluding hydrogens is 483 g/mol. The average Bonchev–Trinajstić information content (AvgIpc) is 3.23. The van der Waals surface area contributed by atoms with Crippen molar-refractivity contribution < 1.29 is 41.4 Å². The van der Waals surface area contributed by atoms with Crippen molar-refractivity contribution in [1.29, 1.82) is 0 Å². The number of hydrogen-bond donors (Lipinski definition) is 4. The van der Waals surface area contributed by atoms with Crippen LogP contribution >= 0.6 is 0 Å². The van der Waals surface area contributed by atoms with Crippen LogP contribution in [0, 0.1) is 0 Å². The van der Waals surface area contributed by atoms with E-state index in [1.54, 1.807) is 24.3 Å². The Morgan fingerprint density at radius 3 is 2.03 bits per heavy atom. The van der Waals surface area contributed by atoms with Gasteiger partial charge in [0.25, 0.3) is 6.43 Å². The van der Waals surface area contributed by atoms with E-state index in [4.69, 9.17) is 15.6 Å². The number of carbonyl (C=O) groups is 3. The Labute approximate surface area is 193 Å². The molecule has 3 rings (SSSR count). The second-order valence-corrected chi connectivity index (χ2v) is 6.47. The second kappa shape index (κ2) is 11.6. The van der Waals surface area contributed by atoms with Crippen molar-refractivity contribution >= 4 is 29.2 Å². The molecule has 0 radical (unpaired) electrons. The average molecular weight is 500 g/mol. The third-order valence-electron chi connectivity index (χ3n) is 4.06. The smallest absolute Gasteiger partial charge is 0.475 e. The molecule has 15 heteroatoms. The highest BCUT2D eigenvalue weighted by Gasteiger charge is 2.38. The van der Waals surface area contributed by atoms with E-state index in [1.165, 1.54) is 24.5 Å². The number of aromatic nitrogens is 3. The maximum atomic E-state index is 13.5. The molecule has 0 spiro atoms. The number of anilines is 2. The Kier molecular flexibility index (Phi) is 8.93. The first-order valence-corrected chi connectivity index (χ1v) is 9.42. The Morgan fingerprint density at radius 1 is 1.00 bits per heavy atom. The molecule has 1 aromatic carbocycles. The largest absolute Gasteiger partial charge is 0.490 e. The van der Waals surface area contributed by atoms with Crippen molar-refractivity contribution in [3.8, 4) is 5.69 Å².